The molecule has 1 atom stereocenters. The number of pyridine rings is 1. The van der Waals surface area contributed by atoms with Gasteiger partial charge in [0.1, 0.15) is 6.33 Å². The van der Waals surface area contributed by atoms with Crippen LogP contribution in [0.2, 0.25) is 0 Å². The number of halogens is 3. The van der Waals surface area contributed by atoms with Crippen LogP contribution in [0.15, 0.2) is 37.1 Å². The zero-order chi connectivity index (χ0) is 13.9. The zero-order valence-corrected chi connectivity index (χ0v) is 10.0. The summed E-state index contributed by atoms with van der Waals surface area (Å²) in [4.78, 5) is 11.5. The minimum atomic E-state index is -4.43. The smallest absolute Gasteiger partial charge is 0.308 e. The van der Waals surface area contributed by atoms with Crippen molar-refractivity contribution in [3.05, 3.63) is 53.9 Å². The van der Waals surface area contributed by atoms with Gasteiger partial charge in [-0.25, -0.2) is 9.97 Å². The van der Waals surface area contributed by atoms with Crippen LogP contribution in [-0.2, 0) is 6.18 Å². The molecule has 2 rings (SSSR count). The fourth-order valence-electron chi connectivity index (χ4n) is 1.83. The molecular weight excluding hydrogens is 257 g/mol. The second-order valence-electron chi connectivity index (χ2n) is 3.82. The van der Waals surface area contributed by atoms with E-state index in [-0.39, 0.29) is 5.56 Å². The second-order valence-corrected chi connectivity index (χ2v) is 3.82. The molecule has 2 aromatic rings. The molecule has 0 saturated carbocycles. The zero-order valence-electron chi connectivity index (χ0n) is 10.0. The van der Waals surface area contributed by atoms with Crippen molar-refractivity contribution in [1.82, 2.24) is 20.3 Å². The van der Waals surface area contributed by atoms with Gasteiger partial charge in [0.05, 0.1) is 17.3 Å². The van der Waals surface area contributed by atoms with E-state index in [2.05, 4.69) is 20.3 Å². The fourth-order valence-corrected chi connectivity index (χ4v) is 1.83. The second kappa shape index (κ2) is 5.31. The lowest BCUT2D eigenvalue weighted by molar-refractivity contribution is -0.138. The number of aromatic nitrogens is 3. The van der Waals surface area contributed by atoms with E-state index in [0.29, 0.717) is 5.69 Å². The summed E-state index contributed by atoms with van der Waals surface area (Å²) in [6.45, 7) is 0. The SMILES string of the molecule is CNC(c1ccncn1)c1cnccc1C(F)(F)F. The molecule has 0 aromatic carbocycles. The molecule has 1 N–H and O–H groups in total. The lowest BCUT2D eigenvalue weighted by Crippen LogP contribution is -2.23. The van der Waals surface area contributed by atoms with Gasteiger partial charge in [-0.05, 0) is 19.2 Å². The first-order chi connectivity index (χ1) is 9.04. The molecule has 19 heavy (non-hydrogen) atoms. The van der Waals surface area contributed by atoms with E-state index in [4.69, 9.17) is 0 Å². The molecule has 7 heteroatoms. The first kappa shape index (κ1) is 13.4. The fraction of sp³-hybridized carbons (Fsp3) is 0.250. The molecule has 2 aromatic heterocycles. The summed E-state index contributed by atoms with van der Waals surface area (Å²) in [6.07, 6.45) is 0.672. The van der Waals surface area contributed by atoms with Crippen molar-refractivity contribution in [1.29, 1.82) is 0 Å². The van der Waals surface area contributed by atoms with Crippen LogP contribution in [-0.4, -0.2) is 22.0 Å². The standard InChI is InChI=1S/C12H11F3N4/c1-16-11(10-3-5-18-7-19-10)8-6-17-4-2-9(8)12(13,14)15/h2-7,11,16H,1H3. The number of nitrogens with zero attached hydrogens (tertiary/aromatic N) is 3. The van der Waals surface area contributed by atoms with Crippen LogP contribution in [0.4, 0.5) is 13.2 Å². The van der Waals surface area contributed by atoms with Gasteiger partial charge in [-0.2, -0.15) is 13.2 Å². The van der Waals surface area contributed by atoms with Gasteiger partial charge >= 0.3 is 6.18 Å². The molecule has 0 aliphatic heterocycles. The van der Waals surface area contributed by atoms with E-state index in [1.54, 1.807) is 13.1 Å². The Morgan fingerprint density at radius 1 is 1.16 bits per heavy atom. The lowest BCUT2D eigenvalue weighted by atomic mass is 10.00. The Bertz CT molecular complexity index is 542. The van der Waals surface area contributed by atoms with Crippen LogP contribution in [0.5, 0.6) is 0 Å². The Morgan fingerprint density at radius 2 is 1.89 bits per heavy atom. The molecule has 0 aliphatic carbocycles. The van der Waals surface area contributed by atoms with E-state index in [1.807, 2.05) is 0 Å². The summed E-state index contributed by atoms with van der Waals surface area (Å²) in [5, 5.41) is 2.82. The highest BCUT2D eigenvalue weighted by molar-refractivity contribution is 5.34. The lowest BCUT2D eigenvalue weighted by Gasteiger charge is -2.20. The highest BCUT2D eigenvalue weighted by atomic mass is 19.4. The molecule has 1 unspecified atom stereocenters. The van der Waals surface area contributed by atoms with E-state index < -0.39 is 17.8 Å². The maximum Gasteiger partial charge on any atom is 0.416 e. The first-order valence-electron chi connectivity index (χ1n) is 5.48. The van der Waals surface area contributed by atoms with E-state index in [0.717, 1.165) is 12.3 Å². The summed E-state index contributed by atoms with van der Waals surface area (Å²) in [6, 6.07) is 1.84. The van der Waals surface area contributed by atoms with Crippen molar-refractivity contribution in [3.8, 4) is 0 Å². The quantitative estimate of drug-likeness (QED) is 0.927. The number of alkyl halides is 3. The maximum absolute atomic E-state index is 13.0. The average Bonchev–Trinajstić information content (AvgIpc) is 2.40. The van der Waals surface area contributed by atoms with Crippen molar-refractivity contribution in [2.24, 2.45) is 0 Å². The monoisotopic (exact) mass is 268 g/mol. The van der Waals surface area contributed by atoms with Crippen LogP contribution < -0.4 is 5.32 Å². The van der Waals surface area contributed by atoms with Crippen molar-refractivity contribution >= 4 is 0 Å². The van der Waals surface area contributed by atoms with Crippen molar-refractivity contribution in [2.75, 3.05) is 7.05 Å². The third kappa shape index (κ3) is 2.87. The molecular formula is C12H11F3N4. The molecule has 0 radical (unpaired) electrons. The summed E-state index contributed by atoms with van der Waals surface area (Å²) in [5.41, 5.74) is -0.229. The Morgan fingerprint density at radius 3 is 2.47 bits per heavy atom. The predicted octanol–water partition coefficient (Wildman–Crippen LogP) is 2.20. The van der Waals surface area contributed by atoms with Crippen LogP contribution in [0.25, 0.3) is 0 Å². The first-order valence-corrected chi connectivity index (χ1v) is 5.48. The van der Waals surface area contributed by atoms with E-state index in [9.17, 15) is 13.2 Å². The van der Waals surface area contributed by atoms with Gasteiger partial charge in [0.15, 0.2) is 0 Å². The summed E-state index contributed by atoms with van der Waals surface area (Å²) < 4.78 is 38.9. The topological polar surface area (TPSA) is 50.7 Å². The summed E-state index contributed by atoms with van der Waals surface area (Å²) in [5.74, 6) is 0. The van der Waals surface area contributed by atoms with E-state index in [1.165, 1.54) is 18.7 Å². The normalized spacial score (nSPS) is 13.3. The van der Waals surface area contributed by atoms with Crippen molar-refractivity contribution < 1.29 is 13.2 Å². The Labute approximate surface area is 107 Å². The average molecular weight is 268 g/mol. The minimum absolute atomic E-state index is 0.0381. The highest BCUT2D eigenvalue weighted by Gasteiger charge is 2.35. The Kier molecular flexibility index (Phi) is 3.75. The largest absolute Gasteiger partial charge is 0.416 e. The third-order valence-electron chi connectivity index (χ3n) is 2.66. The molecule has 100 valence electrons. The van der Waals surface area contributed by atoms with Gasteiger partial charge in [0.2, 0.25) is 0 Å². The number of nitrogens with one attached hydrogen (secondary N) is 1. The highest BCUT2D eigenvalue weighted by Crippen LogP contribution is 2.35. The molecule has 0 aliphatic rings. The molecule has 2 heterocycles. The van der Waals surface area contributed by atoms with Crippen LogP contribution >= 0.6 is 0 Å². The molecule has 0 amide bonds. The van der Waals surface area contributed by atoms with Crippen molar-refractivity contribution in [2.45, 2.75) is 12.2 Å². The summed E-state index contributed by atoms with van der Waals surface area (Å²) in [7, 11) is 1.57. The van der Waals surface area contributed by atoms with Gasteiger partial charge < -0.3 is 5.32 Å². The molecule has 0 spiro atoms. The third-order valence-corrected chi connectivity index (χ3v) is 2.66. The van der Waals surface area contributed by atoms with Gasteiger partial charge in [-0.3, -0.25) is 4.98 Å². The van der Waals surface area contributed by atoms with Gasteiger partial charge in [-0.15, -0.1) is 0 Å². The van der Waals surface area contributed by atoms with E-state index >= 15 is 0 Å². The Hall–Kier alpha value is -2.02. The molecule has 4 nitrogen and oxygen atoms in total. The van der Waals surface area contributed by atoms with Gasteiger partial charge in [-0.1, -0.05) is 0 Å². The van der Waals surface area contributed by atoms with Crippen molar-refractivity contribution in [3.63, 3.8) is 0 Å². The molecule has 0 bridgehead atoms. The van der Waals surface area contributed by atoms with Gasteiger partial charge in [0.25, 0.3) is 0 Å². The number of rotatable bonds is 3. The van der Waals surface area contributed by atoms with Crippen LogP contribution in [0.1, 0.15) is 22.9 Å². The van der Waals surface area contributed by atoms with Gasteiger partial charge in [0, 0.05) is 24.2 Å². The Balaban J connectivity index is 2.51. The number of hydrogen-bond acceptors (Lipinski definition) is 4. The number of hydrogen-bond donors (Lipinski definition) is 1. The molecule has 0 saturated heterocycles. The minimum Gasteiger partial charge on any atom is -0.308 e. The van der Waals surface area contributed by atoms with Crippen LogP contribution in [0.3, 0.4) is 0 Å². The predicted molar refractivity (Wildman–Crippen MR) is 62.2 cm³/mol. The summed E-state index contributed by atoms with van der Waals surface area (Å²) >= 11 is 0. The maximum atomic E-state index is 13.0. The molecule has 0 fully saturated rings. The van der Waals surface area contributed by atoms with Crippen LogP contribution in [0, 0.1) is 0 Å².